The zero-order chi connectivity index (χ0) is 10.5. The summed E-state index contributed by atoms with van der Waals surface area (Å²) < 4.78 is 0. The Morgan fingerprint density at radius 1 is 0.857 bits per heavy atom. The fraction of sp³-hybridized carbons (Fsp3) is 0.571. The molecule has 0 aromatic heterocycles. The van der Waals surface area contributed by atoms with E-state index in [9.17, 15) is 0 Å². The minimum atomic E-state index is 1.07. The fourth-order valence-corrected chi connectivity index (χ4v) is 1.25. The number of hydrogen-bond donors (Lipinski definition) is 0. The molecule has 0 rings (SSSR count). The van der Waals surface area contributed by atoms with Crippen molar-refractivity contribution in [2.45, 2.75) is 52.4 Å². The van der Waals surface area contributed by atoms with E-state index in [2.05, 4.69) is 37.3 Å². The van der Waals surface area contributed by atoms with Crippen molar-refractivity contribution in [1.29, 1.82) is 0 Å². The maximum Gasteiger partial charge on any atom is -0.0166 e. The van der Waals surface area contributed by atoms with E-state index >= 15 is 0 Å². The van der Waals surface area contributed by atoms with Gasteiger partial charge in [-0.3, -0.25) is 0 Å². The normalized spacial score (nSPS) is 12.4. The van der Waals surface area contributed by atoms with Crippen LogP contribution in [0, 0.1) is 0 Å². The molecule has 0 amide bonds. The highest BCUT2D eigenvalue weighted by atomic mass is 13.9. The number of rotatable bonds is 8. The van der Waals surface area contributed by atoms with Crippen molar-refractivity contribution < 1.29 is 0 Å². The molecule has 0 aliphatic rings. The van der Waals surface area contributed by atoms with E-state index in [0.29, 0.717) is 0 Å². The van der Waals surface area contributed by atoms with E-state index in [1.807, 2.05) is 13.0 Å². The summed E-state index contributed by atoms with van der Waals surface area (Å²) in [6.45, 7) is 4.29. The predicted octanol–water partition coefficient (Wildman–Crippen LogP) is 5.04. The minimum absolute atomic E-state index is 1.07. The molecule has 0 aliphatic heterocycles. The zero-order valence-corrected chi connectivity index (χ0v) is 9.71. The van der Waals surface area contributed by atoms with Gasteiger partial charge in [-0.25, -0.2) is 0 Å². The molecule has 0 heteroatoms. The predicted molar refractivity (Wildman–Crippen MR) is 66.5 cm³/mol. The van der Waals surface area contributed by atoms with Gasteiger partial charge in [-0.15, -0.1) is 0 Å². The Kier molecular flexibility index (Phi) is 11.5. The number of hydrogen-bond acceptors (Lipinski definition) is 0. The van der Waals surface area contributed by atoms with Gasteiger partial charge in [0.25, 0.3) is 0 Å². The molecule has 0 heterocycles. The molecule has 0 aliphatic carbocycles. The molecule has 0 fully saturated rings. The van der Waals surface area contributed by atoms with Crippen LogP contribution in [0.15, 0.2) is 36.5 Å². The van der Waals surface area contributed by atoms with Crippen LogP contribution in [0.1, 0.15) is 52.4 Å². The Labute approximate surface area is 89.4 Å². The summed E-state index contributed by atoms with van der Waals surface area (Å²) >= 11 is 0. The SMILES string of the molecule is C/C=C/C=C/C/C=C/CCCCCC. The monoisotopic (exact) mass is 192 g/mol. The summed E-state index contributed by atoms with van der Waals surface area (Å²) in [6.07, 6.45) is 20.7. The molecule has 0 aromatic carbocycles. The topological polar surface area (TPSA) is 0 Å². The lowest BCUT2D eigenvalue weighted by Crippen LogP contribution is -1.73. The molecule has 80 valence electrons. The quantitative estimate of drug-likeness (QED) is 0.287. The van der Waals surface area contributed by atoms with E-state index in [4.69, 9.17) is 0 Å². The molecule has 0 spiro atoms. The summed E-state index contributed by atoms with van der Waals surface area (Å²) in [7, 11) is 0. The average Bonchev–Trinajstić information content (AvgIpc) is 2.21. The van der Waals surface area contributed by atoms with Gasteiger partial charge in [0.2, 0.25) is 0 Å². The first kappa shape index (κ1) is 13.2. The molecule has 0 radical (unpaired) electrons. The van der Waals surface area contributed by atoms with Crippen molar-refractivity contribution in [3.05, 3.63) is 36.5 Å². The van der Waals surface area contributed by atoms with Crippen molar-refractivity contribution in [2.75, 3.05) is 0 Å². The van der Waals surface area contributed by atoms with Crippen molar-refractivity contribution in [3.8, 4) is 0 Å². The van der Waals surface area contributed by atoms with Gasteiger partial charge >= 0.3 is 0 Å². The van der Waals surface area contributed by atoms with Crippen molar-refractivity contribution in [3.63, 3.8) is 0 Å². The summed E-state index contributed by atoms with van der Waals surface area (Å²) in [5.74, 6) is 0. The Morgan fingerprint density at radius 3 is 2.43 bits per heavy atom. The Morgan fingerprint density at radius 2 is 1.71 bits per heavy atom. The van der Waals surface area contributed by atoms with Gasteiger partial charge < -0.3 is 0 Å². The second-order valence-electron chi connectivity index (χ2n) is 3.51. The molecule has 0 unspecified atom stereocenters. The molecule has 0 aromatic rings. The van der Waals surface area contributed by atoms with E-state index < -0.39 is 0 Å². The lowest BCUT2D eigenvalue weighted by molar-refractivity contribution is 0.674. The van der Waals surface area contributed by atoms with Crippen LogP contribution in [0.5, 0.6) is 0 Å². The van der Waals surface area contributed by atoms with Crippen LogP contribution < -0.4 is 0 Å². The number of allylic oxidation sites excluding steroid dienone is 6. The molecule has 0 saturated carbocycles. The van der Waals surface area contributed by atoms with Gasteiger partial charge in [0, 0.05) is 0 Å². The van der Waals surface area contributed by atoms with Crippen LogP contribution in [-0.2, 0) is 0 Å². The standard InChI is InChI=1S/C14H24/c1-3-5-7-9-11-13-14-12-10-8-6-4-2/h3,5,7,9,13-14H,4,6,8,10-12H2,1-2H3/b5-3+,9-7+,14-13+. The molecular formula is C14H24. The maximum absolute atomic E-state index is 2.30. The van der Waals surface area contributed by atoms with Gasteiger partial charge in [-0.2, -0.15) is 0 Å². The van der Waals surface area contributed by atoms with Gasteiger partial charge in [-0.05, 0) is 26.2 Å². The average molecular weight is 192 g/mol. The van der Waals surface area contributed by atoms with Gasteiger partial charge in [0.05, 0.1) is 0 Å². The minimum Gasteiger partial charge on any atom is -0.0882 e. The van der Waals surface area contributed by atoms with Crippen LogP contribution in [0.2, 0.25) is 0 Å². The van der Waals surface area contributed by atoms with Crippen LogP contribution in [0.4, 0.5) is 0 Å². The first-order valence-electron chi connectivity index (χ1n) is 5.84. The van der Waals surface area contributed by atoms with E-state index in [-0.39, 0.29) is 0 Å². The zero-order valence-electron chi connectivity index (χ0n) is 9.71. The highest BCUT2D eigenvalue weighted by Gasteiger charge is 1.83. The third kappa shape index (κ3) is 11.2. The molecular weight excluding hydrogens is 168 g/mol. The molecule has 0 bridgehead atoms. The lowest BCUT2D eigenvalue weighted by atomic mass is 10.1. The second-order valence-corrected chi connectivity index (χ2v) is 3.51. The lowest BCUT2D eigenvalue weighted by Gasteiger charge is -1.93. The Bertz CT molecular complexity index is 172. The molecule has 14 heavy (non-hydrogen) atoms. The first-order chi connectivity index (χ1) is 6.91. The Hall–Kier alpha value is -0.780. The summed E-state index contributed by atoms with van der Waals surface area (Å²) in [5, 5.41) is 0. The summed E-state index contributed by atoms with van der Waals surface area (Å²) in [4.78, 5) is 0. The smallest absolute Gasteiger partial charge is 0.0166 e. The van der Waals surface area contributed by atoms with E-state index in [1.165, 1.54) is 32.1 Å². The van der Waals surface area contributed by atoms with Crippen molar-refractivity contribution in [2.24, 2.45) is 0 Å². The molecule has 0 atom stereocenters. The summed E-state index contributed by atoms with van der Waals surface area (Å²) in [5.41, 5.74) is 0. The third-order valence-corrected chi connectivity index (χ3v) is 2.10. The number of unbranched alkanes of at least 4 members (excludes halogenated alkanes) is 4. The Balaban J connectivity index is 3.19. The maximum atomic E-state index is 2.30. The highest BCUT2D eigenvalue weighted by molar-refractivity contribution is 5.03. The van der Waals surface area contributed by atoms with Crippen LogP contribution in [-0.4, -0.2) is 0 Å². The van der Waals surface area contributed by atoms with Gasteiger partial charge in [-0.1, -0.05) is 62.6 Å². The highest BCUT2D eigenvalue weighted by Crippen LogP contribution is 2.03. The van der Waals surface area contributed by atoms with Crippen LogP contribution in [0.3, 0.4) is 0 Å². The van der Waals surface area contributed by atoms with Crippen molar-refractivity contribution >= 4 is 0 Å². The van der Waals surface area contributed by atoms with Crippen LogP contribution >= 0.6 is 0 Å². The van der Waals surface area contributed by atoms with Crippen LogP contribution in [0.25, 0.3) is 0 Å². The van der Waals surface area contributed by atoms with Gasteiger partial charge in [0.1, 0.15) is 0 Å². The molecule has 0 saturated heterocycles. The fourth-order valence-electron chi connectivity index (χ4n) is 1.25. The van der Waals surface area contributed by atoms with Gasteiger partial charge in [0.15, 0.2) is 0 Å². The molecule has 0 N–H and O–H groups in total. The molecule has 0 nitrogen and oxygen atoms in total. The van der Waals surface area contributed by atoms with E-state index in [1.54, 1.807) is 0 Å². The third-order valence-electron chi connectivity index (χ3n) is 2.10. The second kappa shape index (κ2) is 12.2. The van der Waals surface area contributed by atoms with E-state index in [0.717, 1.165) is 6.42 Å². The first-order valence-corrected chi connectivity index (χ1v) is 5.84. The summed E-state index contributed by atoms with van der Waals surface area (Å²) in [6, 6.07) is 0. The van der Waals surface area contributed by atoms with Crippen molar-refractivity contribution in [1.82, 2.24) is 0 Å². The largest absolute Gasteiger partial charge is 0.0882 e.